The molecule has 3 nitrogen and oxygen atoms in total. The number of methoxy groups -OCH3 is 1. The van der Waals surface area contributed by atoms with E-state index in [9.17, 15) is 9.90 Å². The molecule has 27 heavy (non-hydrogen) atoms. The Kier molecular flexibility index (Phi) is 5.30. The van der Waals surface area contributed by atoms with Crippen LogP contribution in [0.4, 0.5) is 4.39 Å². The first kappa shape index (κ1) is 20.3. The molecule has 0 bridgehead atoms. The van der Waals surface area contributed by atoms with Crippen molar-refractivity contribution in [2.75, 3.05) is 19.0 Å². The first-order chi connectivity index (χ1) is 12.8. The number of hydrogen-bond donors (Lipinski definition) is 1. The van der Waals surface area contributed by atoms with Gasteiger partial charge in [-0.2, -0.15) is 0 Å². The molecule has 5 heteroatoms. The quantitative estimate of drug-likeness (QED) is 0.639. The molecular formula is C22H34BrFO3. The summed E-state index contributed by atoms with van der Waals surface area (Å²) in [4.78, 5) is 12.5. The van der Waals surface area contributed by atoms with E-state index in [2.05, 4.69) is 22.9 Å². The summed E-state index contributed by atoms with van der Waals surface area (Å²) in [6, 6.07) is 0. The minimum atomic E-state index is -1.14. The monoisotopic (exact) mass is 444 g/mol. The Bertz CT molecular complexity index is 600. The minimum absolute atomic E-state index is 0.0432. The average molecular weight is 445 g/mol. The van der Waals surface area contributed by atoms with Crippen LogP contribution in [-0.4, -0.2) is 41.2 Å². The van der Waals surface area contributed by atoms with Crippen molar-refractivity contribution in [3.05, 3.63) is 0 Å². The van der Waals surface area contributed by atoms with E-state index in [1.165, 1.54) is 0 Å². The van der Waals surface area contributed by atoms with Crippen LogP contribution in [0.25, 0.3) is 0 Å². The molecule has 0 amide bonds. The molecule has 0 saturated heterocycles. The molecule has 4 fully saturated rings. The van der Waals surface area contributed by atoms with Gasteiger partial charge in [0, 0.05) is 13.0 Å². The van der Waals surface area contributed by atoms with E-state index >= 15 is 4.39 Å². The largest absolute Gasteiger partial charge is 0.387 e. The fraction of sp³-hybridized carbons (Fsp3) is 0.955. The van der Waals surface area contributed by atoms with Gasteiger partial charge in [-0.3, -0.25) is 4.79 Å². The fourth-order valence-electron chi connectivity index (χ4n) is 7.89. The molecule has 1 N–H and O–H groups in total. The van der Waals surface area contributed by atoms with E-state index in [-0.39, 0.29) is 23.2 Å². The SMILES string of the molecule is COC[C@@]1(O)CC[C@@]2(F)C(CC[C@@H]3C2CC[C@]2(C)[C@@H](C(=O)CBr)CC[C@@H]32)C1. The molecule has 4 aliphatic rings. The molecule has 0 radical (unpaired) electrons. The third-order valence-electron chi connectivity index (χ3n) is 9.11. The Balaban J connectivity index is 1.55. The number of aliphatic hydroxyl groups is 1. The lowest BCUT2D eigenvalue weighted by atomic mass is 9.47. The maximum absolute atomic E-state index is 16.4. The lowest BCUT2D eigenvalue weighted by molar-refractivity contribution is -0.177. The highest BCUT2D eigenvalue weighted by Gasteiger charge is 2.64. The van der Waals surface area contributed by atoms with E-state index in [1.54, 1.807) is 7.11 Å². The van der Waals surface area contributed by atoms with Gasteiger partial charge in [0.2, 0.25) is 0 Å². The Labute approximate surface area is 170 Å². The van der Waals surface area contributed by atoms with E-state index in [0.717, 1.165) is 38.5 Å². The highest BCUT2D eigenvalue weighted by atomic mass is 79.9. The highest BCUT2D eigenvalue weighted by Crippen LogP contribution is 2.66. The molecule has 0 aromatic rings. The smallest absolute Gasteiger partial charge is 0.147 e. The van der Waals surface area contributed by atoms with Crippen LogP contribution in [-0.2, 0) is 9.53 Å². The number of rotatable bonds is 4. The van der Waals surface area contributed by atoms with Gasteiger partial charge in [-0.05, 0) is 86.9 Å². The molecule has 0 aliphatic heterocycles. The molecule has 4 saturated carbocycles. The number of alkyl halides is 2. The van der Waals surface area contributed by atoms with Crippen LogP contribution in [0, 0.1) is 35.0 Å². The zero-order chi connectivity index (χ0) is 19.4. The Morgan fingerprint density at radius 1 is 1.15 bits per heavy atom. The number of ether oxygens (including phenoxy) is 1. The van der Waals surface area contributed by atoms with Gasteiger partial charge in [0.25, 0.3) is 0 Å². The van der Waals surface area contributed by atoms with Gasteiger partial charge in [-0.25, -0.2) is 4.39 Å². The average Bonchev–Trinajstić information content (AvgIpc) is 2.99. The predicted molar refractivity (Wildman–Crippen MR) is 107 cm³/mol. The molecule has 8 atom stereocenters. The van der Waals surface area contributed by atoms with Gasteiger partial charge in [0.1, 0.15) is 11.5 Å². The van der Waals surface area contributed by atoms with Crippen LogP contribution in [0.3, 0.4) is 0 Å². The van der Waals surface area contributed by atoms with Gasteiger partial charge in [-0.15, -0.1) is 0 Å². The van der Waals surface area contributed by atoms with Crippen LogP contribution >= 0.6 is 15.9 Å². The summed E-state index contributed by atoms with van der Waals surface area (Å²) in [5.74, 6) is 1.45. The van der Waals surface area contributed by atoms with E-state index in [1.807, 2.05) is 0 Å². The first-order valence-corrected chi connectivity index (χ1v) is 11.9. The second-order valence-electron chi connectivity index (χ2n) is 10.2. The molecule has 0 aromatic carbocycles. The summed E-state index contributed by atoms with van der Waals surface area (Å²) in [5, 5.41) is 11.2. The first-order valence-electron chi connectivity index (χ1n) is 10.8. The number of carbonyl (C=O) groups excluding carboxylic acids is 1. The van der Waals surface area contributed by atoms with Crippen molar-refractivity contribution in [1.29, 1.82) is 0 Å². The van der Waals surface area contributed by atoms with E-state index < -0.39 is 11.3 Å². The van der Waals surface area contributed by atoms with Crippen LogP contribution in [0.2, 0.25) is 0 Å². The number of fused-ring (bicyclic) bond motifs is 5. The van der Waals surface area contributed by atoms with Gasteiger partial charge in [-0.1, -0.05) is 22.9 Å². The number of hydrogen-bond acceptors (Lipinski definition) is 3. The van der Waals surface area contributed by atoms with Crippen molar-refractivity contribution < 1.29 is 19.0 Å². The fourth-order valence-corrected chi connectivity index (χ4v) is 8.28. The van der Waals surface area contributed by atoms with Crippen LogP contribution < -0.4 is 0 Å². The zero-order valence-electron chi connectivity index (χ0n) is 16.7. The highest BCUT2D eigenvalue weighted by molar-refractivity contribution is 9.09. The van der Waals surface area contributed by atoms with Crippen LogP contribution in [0.15, 0.2) is 0 Å². The summed E-state index contributed by atoms with van der Waals surface area (Å²) in [6.45, 7) is 2.62. The Morgan fingerprint density at radius 2 is 1.93 bits per heavy atom. The summed E-state index contributed by atoms with van der Waals surface area (Å²) in [6.07, 6.45) is 7.36. The number of ketones is 1. The lowest BCUT2D eigenvalue weighted by Crippen LogP contribution is -2.59. The number of halogens is 2. The van der Waals surface area contributed by atoms with Crippen molar-refractivity contribution in [2.45, 2.75) is 76.0 Å². The van der Waals surface area contributed by atoms with Crippen molar-refractivity contribution in [3.8, 4) is 0 Å². The predicted octanol–water partition coefficient (Wildman–Crippen LogP) is 4.69. The van der Waals surface area contributed by atoms with Gasteiger partial charge in [0.05, 0.1) is 17.5 Å². The topological polar surface area (TPSA) is 46.5 Å². The molecular weight excluding hydrogens is 411 g/mol. The third-order valence-corrected chi connectivity index (χ3v) is 9.67. The minimum Gasteiger partial charge on any atom is -0.387 e. The maximum atomic E-state index is 16.4. The summed E-state index contributed by atoms with van der Waals surface area (Å²) < 4.78 is 21.6. The standard InChI is InChI=1S/C22H34BrFO3/c1-20-8-7-17-15(16(20)5-6-18(20)19(25)12-23)4-3-14-11-21(26,13-27-2)9-10-22(14,17)24/h14-18,26H,3-13H2,1-2H3/t14?,15-,16-,17?,18+,20-,21+,22+/m0/s1. The summed E-state index contributed by atoms with van der Waals surface area (Å²) in [5.41, 5.74) is -1.94. The zero-order valence-corrected chi connectivity index (χ0v) is 18.3. The van der Waals surface area contributed by atoms with Crippen molar-refractivity contribution >= 4 is 21.7 Å². The molecule has 4 rings (SSSR count). The molecule has 154 valence electrons. The normalized spacial score (nSPS) is 52.0. The molecule has 2 unspecified atom stereocenters. The molecule has 0 spiro atoms. The summed E-state index contributed by atoms with van der Waals surface area (Å²) >= 11 is 3.37. The second kappa shape index (κ2) is 7.05. The molecule has 0 aromatic heterocycles. The van der Waals surface area contributed by atoms with E-state index in [4.69, 9.17) is 4.74 Å². The Morgan fingerprint density at radius 3 is 2.63 bits per heavy atom. The number of Topliss-reactive ketones (excluding diaryl/α,β-unsaturated/α-hetero) is 1. The molecule has 0 heterocycles. The third kappa shape index (κ3) is 3.06. The van der Waals surface area contributed by atoms with Gasteiger partial charge >= 0.3 is 0 Å². The summed E-state index contributed by atoms with van der Waals surface area (Å²) in [7, 11) is 1.61. The lowest BCUT2D eigenvalue weighted by Gasteiger charge is -2.59. The van der Waals surface area contributed by atoms with Crippen molar-refractivity contribution in [1.82, 2.24) is 0 Å². The van der Waals surface area contributed by atoms with Gasteiger partial charge in [0.15, 0.2) is 0 Å². The second-order valence-corrected chi connectivity index (χ2v) is 10.8. The molecule has 4 aliphatic carbocycles. The maximum Gasteiger partial charge on any atom is 0.147 e. The van der Waals surface area contributed by atoms with Crippen molar-refractivity contribution in [2.24, 2.45) is 35.0 Å². The Hall–Kier alpha value is -0.0000000000000000555. The van der Waals surface area contributed by atoms with Gasteiger partial charge < -0.3 is 9.84 Å². The van der Waals surface area contributed by atoms with Crippen LogP contribution in [0.5, 0.6) is 0 Å². The van der Waals surface area contributed by atoms with Crippen LogP contribution in [0.1, 0.15) is 64.7 Å². The number of carbonyl (C=O) groups is 1. The van der Waals surface area contributed by atoms with E-state index in [0.29, 0.717) is 48.8 Å². The van der Waals surface area contributed by atoms with Crippen molar-refractivity contribution in [3.63, 3.8) is 0 Å².